The van der Waals surface area contributed by atoms with Gasteiger partial charge in [-0.1, -0.05) is 55.5 Å². The van der Waals surface area contributed by atoms with Crippen LogP contribution in [0.2, 0.25) is 0 Å². The van der Waals surface area contributed by atoms with Crippen molar-refractivity contribution in [3.8, 4) is 11.1 Å². The van der Waals surface area contributed by atoms with Gasteiger partial charge in [0.25, 0.3) is 0 Å². The molecule has 1 heterocycles. The Morgan fingerprint density at radius 3 is 2.24 bits per heavy atom. The third-order valence-corrected chi connectivity index (χ3v) is 5.95. The van der Waals surface area contributed by atoms with Crippen molar-refractivity contribution in [2.24, 2.45) is 0 Å². The highest BCUT2D eigenvalue weighted by Gasteiger charge is 2.30. The van der Waals surface area contributed by atoms with E-state index < -0.39 is 30.1 Å². The van der Waals surface area contributed by atoms with Crippen molar-refractivity contribution in [2.45, 2.75) is 37.8 Å². The first-order valence-electron chi connectivity index (χ1n) is 11.1. The smallest absolute Gasteiger partial charge is 0.407 e. The van der Waals surface area contributed by atoms with Gasteiger partial charge in [-0.15, -0.1) is 0 Å². The van der Waals surface area contributed by atoms with Gasteiger partial charge in [-0.05, 0) is 28.7 Å². The SMILES string of the molecule is CCC(NC(=O)[C@@H](Cc1cnc[nH]1)NC(=O)OCC1c2ccccc2-c2ccccc21)C(=O)O. The van der Waals surface area contributed by atoms with Gasteiger partial charge in [0.2, 0.25) is 5.91 Å². The van der Waals surface area contributed by atoms with E-state index in [1.807, 2.05) is 48.5 Å². The van der Waals surface area contributed by atoms with E-state index in [-0.39, 0.29) is 25.4 Å². The molecule has 0 spiro atoms. The summed E-state index contributed by atoms with van der Waals surface area (Å²) in [6.45, 7) is 1.76. The molecule has 34 heavy (non-hydrogen) atoms. The van der Waals surface area contributed by atoms with Crippen LogP contribution in [0.15, 0.2) is 61.1 Å². The summed E-state index contributed by atoms with van der Waals surface area (Å²) < 4.78 is 5.55. The van der Waals surface area contributed by atoms with Gasteiger partial charge >= 0.3 is 12.1 Å². The maximum atomic E-state index is 12.8. The Labute approximate surface area is 196 Å². The number of nitrogens with zero attached hydrogens (tertiary/aromatic N) is 1. The first kappa shape index (κ1) is 23.0. The Bertz CT molecular complexity index is 1130. The van der Waals surface area contributed by atoms with Crippen LogP contribution in [0, 0.1) is 0 Å². The molecule has 9 heteroatoms. The molecule has 0 bridgehead atoms. The number of ether oxygens (including phenoxy) is 1. The first-order chi connectivity index (χ1) is 16.5. The van der Waals surface area contributed by atoms with E-state index in [4.69, 9.17) is 4.74 Å². The van der Waals surface area contributed by atoms with Crippen molar-refractivity contribution < 1.29 is 24.2 Å². The van der Waals surface area contributed by atoms with Crippen LogP contribution in [0.3, 0.4) is 0 Å². The number of nitrogens with one attached hydrogen (secondary N) is 3. The van der Waals surface area contributed by atoms with E-state index in [9.17, 15) is 19.5 Å². The fourth-order valence-electron chi connectivity index (χ4n) is 4.22. The van der Waals surface area contributed by atoms with Gasteiger partial charge < -0.3 is 25.5 Å². The standard InChI is InChI=1S/C25H26N4O5/c1-2-21(24(31)32)28-23(30)22(11-15-12-26-14-27-15)29-25(33)34-13-20-18-9-5-3-7-16(18)17-8-4-6-10-19(17)20/h3-10,12,14,20-22H,2,11,13H2,1H3,(H,26,27)(H,28,30)(H,29,33)(H,31,32)/t21?,22-/m1/s1. The van der Waals surface area contributed by atoms with Gasteiger partial charge in [0.15, 0.2) is 0 Å². The Morgan fingerprint density at radius 2 is 1.68 bits per heavy atom. The molecule has 176 valence electrons. The topological polar surface area (TPSA) is 133 Å². The molecule has 0 radical (unpaired) electrons. The molecule has 2 aromatic carbocycles. The van der Waals surface area contributed by atoms with E-state index in [2.05, 4.69) is 20.6 Å². The molecule has 0 fully saturated rings. The lowest BCUT2D eigenvalue weighted by molar-refractivity contribution is -0.142. The highest BCUT2D eigenvalue weighted by Crippen LogP contribution is 2.44. The minimum absolute atomic E-state index is 0.102. The second-order valence-corrected chi connectivity index (χ2v) is 8.11. The van der Waals surface area contributed by atoms with Crippen molar-refractivity contribution in [2.75, 3.05) is 6.61 Å². The van der Waals surface area contributed by atoms with Crippen LogP contribution >= 0.6 is 0 Å². The number of carboxylic acid groups (broad SMARTS) is 1. The van der Waals surface area contributed by atoms with Crippen LogP contribution in [0.1, 0.15) is 36.1 Å². The number of rotatable bonds is 9. The van der Waals surface area contributed by atoms with Crippen molar-refractivity contribution in [1.29, 1.82) is 0 Å². The molecule has 4 N–H and O–H groups in total. The molecule has 0 saturated heterocycles. The quantitative estimate of drug-likeness (QED) is 0.386. The average molecular weight is 463 g/mol. The molecule has 1 aromatic heterocycles. The summed E-state index contributed by atoms with van der Waals surface area (Å²) in [6, 6.07) is 13.9. The number of fused-ring (bicyclic) bond motifs is 3. The molecule has 0 aliphatic heterocycles. The molecule has 4 rings (SSSR count). The molecule has 1 unspecified atom stereocenters. The lowest BCUT2D eigenvalue weighted by Gasteiger charge is -2.21. The minimum Gasteiger partial charge on any atom is -0.480 e. The monoisotopic (exact) mass is 462 g/mol. The number of hydrogen-bond donors (Lipinski definition) is 4. The summed E-state index contributed by atoms with van der Waals surface area (Å²) in [6.07, 6.45) is 2.55. The lowest BCUT2D eigenvalue weighted by atomic mass is 9.98. The molecule has 2 atom stereocenters. The zero-order chi connectivity index (χ0) is 24.1. The highest BCUT2D eigenvalue weighted by atomic mass is 16.5. The lowest BCUT2D eigenvalue weighted by Crippen LogP contribution is -2.52. The van der Waals surface area contributed by atoms with Gasteiger partial charge in [-0.3, -0.25) is 4.79 Å². The van der Waals surface area contributed by atoms with Gasteiger partial charge in [-0.25, -0.2) is 14.6 Å². The fourth-order valence-corrected chi connectivity index (χ4v) is 4.22. The Kier molecular flexibility index (Phi) is 6.91. The summed E-state index contributed by atoms with van der Waals surface area (Å²) in [5, 5.41) is 14.3. The van der Waals surface area contributed by atoms with Crippen molar-refractivity contribution in [3.05, 3.63) is 77.9 Å². The molecular formula is C25H26N4O5. The predicted molar refractivity (Wildman–Crippen MR) is 124 cm³/mol. The first-order valence-corrected chi connectivity index (χ1v) is 11.1. The number of H-pyrrole nitrogens is 1. The molecule has 1 aliphatic rings. The second kappa shape index (κ2) is 10.2. The molecule has 9 nitrogen and oxygen atoms in total. The number of imidazole rings is 1. The number of alkyl carbamates (subject to hydrolysis) is 1. The summed E-state index contributed by atoms with van der Waals surface area (Å²) in [4.78, 5) is 43.6. The molecule has 0 saturated carbocycles. The zero-order valence-corrected chi connectivity index (χ0v) is 18.7. The Morgan fingerprint density at radius 1 is 1.03 bits per heavy atom. The summed E-state index contributed by atoms with van der Waals surface area (Å²) >= 11 is 0. The third kappa shape index (κ3) is 4.93. The Balaban J connectivity index is 1.45. The van der Waals surface area contributed by atoms with E-state index in [0.717, 1.165) is 22.3 Å². The average Bonchev–Trinajstić information content (AvgIpc) is 3.46. The van der Waals surface area contributed by atoms with Gasteiger partial charge in [0.1, 0.15) is 18.7 Å². The summed E-state index contributed by atoms with van der Waals surface area (Å²) in [7, 11) is 0. The van der Waals surface area contributed by atoms with Crippen molar-refractivity contribution in [1.82, 2.24) is 20.6 Å². The second-order valence-electron chi connectivity index (χ2n) is 8.11. The van der Waals surface area contributed by atoms with Crippen LogP contribution in [0.4, 0.5) is 4.79 Å². The molecular weight excluding hydrogens is 436 g/mol. The summed E-state index contributed by atoms with van der Waals surface area (Å²) in [5.74, 6) is -1.87. The maximum Gasteiger partial charge on any atom is 0.407 e. The number of hydrogen-bond acceptors (Lipinski definition) is 5. The van der Waals surface area contributed by atoms with Crippen LogP contribution in [0.25, 0.3) is 11.1 Å². The number of aromatic amines is 1. The number of carbonyl (C=O) groups excluding carboxylic acids is 2. The molecule has 1 aliphatic carbocycles. The Hall–Kier alpha value is -4.14. The zero-order valence-electron chi connectivity index (χ0n) is 18.7. The largest absolute Gasteiger partial charge is 0.480 e. The highest BCUT2D eigenvalue weighted by molar-refractivity contribution is 5.89. The van der Waals surface area contributed by atoms with E-state index >= 15 is 0 Å². The number of carbonyl (C=O) groups is 3. The van der Waals surface area contributed by atoms with Gasteiger partial charge in [0.05, 0.1) is 6.33 Å². The van der Waals surface area contributed by atoms with Crippen molar-refractivity contribution >= 4 is 18.0 Å². The summed E-state index contributed by atoms with van der Waals surface area (Å²) in [5.41, 5.74) is 5.00. The number of carboxylic acids is 1. The number of amides is 2. The van der Waals surface area contributed by atoms with Gasteiger partial charge in [-0.2, -0.15) is 0 Å². The van der Waals surface area contributed by atoms with Gasteiger partial charge in [0, 0.05) is 24.2 Å². The van der Waals surface area contributed by atoms with Crippen LogP contribution in [-0.4, -0.2) is 51.7 Å². The van der Waals surface area contributed by atoms with E-state index in [1.165, 1.54) is 12.5 Å². The third-order valence-electron chi connectivity index (χ3n) is 5.95. The molecule has 2 amide bonds. The minimum atomic E-state index is -1.14. The van der Waals surface area contributed by atoms with Crippen LogP contribution in [-0.2, 0) is 20.7 Å². The van der Waals surface area contributed by atoms with Crippen molar-refractivity contribution in [3.63, 3.8) is 0 Å². The van der Waals surface area contributed by atoms with E-state index in [0.29, 0.717) is 5.69 Å². The predicted octanol–water partition coefficient (Wildman–Crippen LogP) is 2.84. The fraction of sp³-hybridized carbons (Fsp3) is 0.280. The van der Waals surface area contributed by atoms with Crippen LogP contribution < -0.4 is 10.6 Å². The van der Waals surface area contributed by atoms with E-state index in [1.54, 1.807) is 6.92 Å². The van der Waals surface area contributed by atoms with Crippen LogP contribution in [0.5, 0.6) is 0 Å². The number of aromatic nitrogens is 2. The molecule has 3 aromatic rings. The number of aliphatic carboxylic acids is 1. The number of benzene rings is 2. The normalized spacial score (nSPS) is 13.9. The maximum absolute atomic E-state index is 12.8.